The molecule has 1 aromatic carbocycles. The largest absolute Gasteiger partial charge is 0.460 e. The number of likely N-dealkylation sites (N-methyl/N-ethyl adjacent to an activating group) is 1. The number of hydrogen-bond acceptors (Lipinski definition) is 7. The van der Waals surface area contributed by atoms with E-state index in [0.717, 1.165) is 0 Å². The van der Waals surface area contributed by atoms with E-state index in [-0.39, 0.29) is 41.8 Å². The fourth-order valence-electron chi connectivity index (χ4n) is 4.26. The molecule has 2 saturated heterocycles. The van der Waals surface area contributed by atoms with Crippen molar-refractivity contribution in [1.29, 1.82) is 0 Å². The van der Waals surface area contributed by atoms with Crippen molar-refractivity contribution in [3.63, 3.8) is 0 Å². The van der Waals surface area contributed by atoms with Gasteiger partial charge in [-0.15, -0.1) is 0 Å². The number of nitrogens with zero attached hydrogens (tertiary/aromatic N) is 2. The smallest absolute Gasteiger partial charge is 0.309 e. The molecule has 1 unspecified atom stereocenters. The number of imide groups is 1. The fourth-order valence-corrected chi connectivity index (χ4v) is 4.26. The zero-order chi connectivity index (χ0) is 24.3. The van der Waals surface area contributed by atoms with Gasteiger partial charge in [0.2, 0.25) is 11.8 Å². The molecule has 0 bridgehead atoms. The molecule has 33 heavy (non-hydrogen) atoms. The molecule has 3 rings (SSSR count). The van der Waals surface area contributed by atoms with Gasteiger partial charge >= 0.3 is 5.97 Å². The number of benzene rings is 1. The third kappa shape index (κ3) is 5.58. The van der Waals surface area contributed by atoms with Crippen molar-refractivity contribution in [3.8, 4) is 0 Å². The maximum absolute atomic E-state index is 13.2. The molecule has 2 aliphatic heterocycles. The lowest BCUT2D eigenvalue weighted by molar-refractivity contribution is -0.160. The fraction of sp³-hybridized carbons (Fsp3) is 0.542. The third-order valence-corrected chi connectivity index (χ3v) is 6.01. The number of hydrogen-bond donors (Lipinski definition) is 1. The number of nitrogens with one attached hydrogen (secondary N) is 1. The quantitative estimate of drug-likeness (QED) is 0.408. The lowest BCUT2D eigenvalue weighted by Crippen LogP contribution is -2.53. The second-order valence-corrected chi connectivity index (χ2v) is 9.53. The lowest BCUT2D eigenvalue weighted by Gasteiger charge is -2.35. The van der Waals surface area contributed by atoms with Gasteiger partial charge in [0.05, 0.1) is 17.0 Å². The van der Waals surface area contributed by atoms with E-state index in [0.29, 0.717) is 37.9 Å². The van der Waals surface area contributed by atoms with Gasteiger partial charge in [-0.2, -0.15) is 0 Å². The van der Waals surface area contributed by atoms with Gasteiger partial charge in [0, 0.05) is 32.2 Å². The van der Waals surface area contributed by atoms with E-state index in [4.69, 9.17) is 4.74 Å². The van der Waals surface area contributed by atoms with E-state index in [9.17, 15) is 24.0 Å². The molecule has 2 fully saturated rings. The summed E-state index contributed by atoms with van der Waals surface area (Å²) in [6, 6.07) is 4.27. The van der Waals surface area contributed by atoms with Crippen molar-refractivity contribution in [2.24, 2.45) is 5.92 Å². The van der Waals surface area contributed by atoms with Crippen LogP contribution in [0.15, 0.2) is 18.2 Å². The summed E-state index contributed by atoms with van der Waals surface area (Å²) in [5, 5.41) is 2.25. The molecule has 3 amide bonds. The molecule has 0 aliphatic carbocycles. The van der Waals surface area contributed by atoms with Gasteiger partial charge in [0.15, 0.2) is 6.29 Å². The number of ether oxygens (including phenoxy) is 1. The van der Waals surface area contributed by atoms with Crippen LogP contribution < -0.4 is 10.2 Å². The number of amides is 3. The van der Waals surface area contributed by atoms with Gasteiger partial charge in [-0.25, -0.2) is 0 Å². The molecule has 0 saturated carbocycles. The maximum atomic E-state index is 13.2. The number of aldehydes is 1. The van der Waals surface area contributed by atoms with Crippen molar-refractivity contribution < 1.29 is 28.7 Å². The highest BCUT2D eigenvalue weighted by Crippen LogP contribution is 2.30. The van der Waals surface area contributed by atoms with Crippen LogP contribution in [0.4, 0.5) is 5.69 Å². The van der Waals surface area contributed by atoms with E-state index >= 15 is 0 Å². The Bertz CT molecular complexity index is 959. The highest BCUT2D eigenvalue weighted by Gasteiger charge is 2.34. The Labute approximate surface area is 193 Å². The second-order valence-electron chi connectivity index (χ2n) is 9.53. The molecule has 0 radical (unpaired) electrons. The predicted octanol–water partition coefficient (Wildman–Crippen LogP) is 1.93. The second kappa shape index (κ2) is 9.72. The van der Waals surface area contributed by atoms with Crippen molar-refractivity contribution in [3.05, 3.63) is 29.3 Å². The zero-order valence-electron chi connectivity index (χ0n) is 19.6. The molecule has 2 aliphatic rings. The average molecular weight is 458 g/mol. The van der Waals surface area contributed by atoms with E-state index < -0.39 is 23.5 Å². The first-order chi connectivity index (χ1) is 15.5. The SMILES string of the molecule is CN(C(=O)c1cccc(N2CCC(C(=O)OC(C)(C)C)CC2)c1C=O)C1CCC(=O)NC1=O. The Morgan fingerprint density at radius 1 is 1.15 bits per heavy atom. The van der Waals surface area contributed by atoms with Crippen molar-refractivity contribution in [2.75, 3.05) is 25.0 Å². The molecule has 0 spiro atoms. The lowest BCUT2D eigenvalue weighted by atomic mass is 9.94. The summed E-state index contributed by atoms with van der Waals surface area (Å²) in [5.74, 6) is -1.76. The van der Waals surface area contributed by atoms with E-state index in [2.05, 4.69) is 5.32 Å². The van der Waals surface area contributed by atoms with Gasteiger partial charge in [0.1, 0.15) is 11.6 Å². The normalized spacial score (nSPS) is 19.6. The highest BCUT2D eigenvalue weighted by molar-refractivity contribution is 6.07. The number of rotatable bonds is 5. The Balaban J connectivity index is 1.75. The molecule has 0 aromatic heterocycles. The summed E-state index contributed by atoms with van der Waals surface area (Å²) in [5.41, 5.74) is 0.527. The summed E-state index contributed by atoms with van der Waals surface area (Å²) < 4.78 is 5.50. The number of anilines is 1. The van der Waals surface area contributed by atoms with Crippen molar-refractivity contribution >= 4 is 35.7 Å². The van der Waals surface area contributed by atoms with Gasteiger partial charge in [-0.1, -0.05) is 6.07 Å². The average Bonchev–Trinajstić information content (AvgIpc) is 2.76. The Kier molecular flexibility index (Phi) is 7.19. The van der Waals surface area contributed by atoms with Crippen molar-refractivity contribution in [1.82, 2.24) is 10.2 Å². The van der Waals surface area contributed by atoms with Crippen LogP contribution >= 0.6 is 0 Å². The van der Waals surface area contributed by atoms with Gasteiger partial charge in [-0.3, -0.25) is 29.3 Å². The molecule has 2 heterocycles. The summed E-state index contributed by atoms with van der Waals surface area (Å²) in [7, 11) is 1.50. The minimum atomic E-state index is -0.775. The molecular formula is C24H31N3O6. The zero-order valence-corrected chi connectivity index (χ0v) is 19.6. The van der Waals surface area contributed by atoms with Gasteiger partial charge in [0.25, 0.3) is 5.91 Å². The van der Waals surface area contributed by atoms with Gasteiger partial charge in [-0.05, 0) is 52.2 Å². The Morgan fingerprint density at radius 3 is 2.39 bits per heavy atom. The van der Waals surface area contributed by atoms with Crippen molar-refractivity contribution in [2.45, 2.75) is 58.1 Å². The minimum absolute atomic E-state index is 0.154. The number of carbonyl (C=O) groups is 5. The highest BCUT2D eigenvalue weighted by atomic mass is 16.6. The molecular weight excluding hydrogens is 426 g/mol. The molecule has 9 heteroatoms. The monoisotopic (exact) mass is 457 g/mol. The summed E-state index contributed by atoms with van der Waals surface area (Å²) in [6.45, 7) is 6.61. The molecule has 9 nitrogen and oxygen atoms in total. The first-order valence-corrected chi connectivity index (χ1v) is 11.2. The standard InChI is InChI=1S/C24H31N3O6/c1-24(2,3)33-23(32)15-10-12-27(13-11-15)18-7-5-6-16(17(18)14-28)22(31)26(4)19-8-9-20(29)25-21(19)30/h5-7,14-15,19H,8-13H2,1-4H3,(H,25,29,30). The van der Waals surface area contributed by atoms with Gasteiger partial charge < -0.3 is 14.5 Å². The predicted molar refractivity (Wildman–Crippen MR) is 121 cm³/mol. The molecule has 1 N–H and O–H groups in total. The number of esters is 1. The van der Waals surface area contributed by atoms with Crippen LogP contribution in [0, 0.1) is 5.92 Å². The van der Waals surface area contributed by atoms with E-state index in [1.807, 2.05) is 25.7 Å². The first kappa shape index (κ1) is 24.4. The molecule has 1 aromatic rings. The number of piperidine rings is 2. The first-order valence-electron chi connectivity index (χ1n) is 11.2. The van der Waals surface area contributed by atoms with E-state index in [1.165, 1.54) is 11.9 Å². The molecule has 1 atom stereocenters. The summed E-state index contributed by atoms with van der Waals surface area (Å²) in [4.78, 5) is 64.5. The van der Waals surface area contributed by atoms with Crippen LogP contribution in [-0.2, 0) is 19.1 Å². The summed E-state index contributed by atoms with van der Waals surface area (Å²) in [6.07, 6.45) is 2.21. The van der Waals surface area contributed by atoms with Crippen LogP contribution in [0.25, 0.3) is 0 Å². The van der Waals surface area contributed by atoms with E-state index in [1.54, 1.807) is 18.2 Å². The Morgan fingerprint density at radius 2 is 1.82 bits per heavy atom. The van der Waals surface area contributed by atoms with Crippen LogP contribution in [-0.4, -0.2) is 66.7 Å². The van der Waals surface area contributed by atoms with Crippen LogP contribution in [0.1, 0.15) is 67.2 Å². The summed E-state index contributed by atoms with van der Waals surface area (Å²) >= 11 is 0. The minimum Gasteiger partial charge on any atom is -0.460 e. The third-order valence-electron chi connectivity index (χ3n) is 6.01. The van der Waals surface area contributed by atoms with Crippen LogP contribution in [0.3, 0.4) is 0 Å². The van der Waals surface area contributed by atoms with Crippen LogP contribution in [0.5, 0.6) is 0 Å². The topological polar surface area (TPSA) is 113 Å². The van der Waals surface area contributed by atoms with Crippen LogP contribution in [0.2, 0.25) is 0 Å². The maximum Gasteiger partial charge on any atom is 0.309 e. The molecule has 178 valence electrons. The number of carbonyl (C=O) groups excluding carboxylic acids is 5. The Hall–Kier alpha value is -3.23.